The fourth-order valence-corrected chi connectivity index (χ4v) is 1.15. The van der Waals surface area contributed by atoms with Gasteiger partial charge in [-0.25, -0.2) is 0 Å². The van der Waals surface area contributed by atoms with Crippen LogP contribution in [0, 0.1) is 0 Å². The van der Waals surface area contributed by atoms with Crippen molar-refractivity contribution in [1.29, 1.82) is 0 Å². The molecule has 0 amide bonds. The van der Waals surface area contributed by atoms with Gasteiger partial charge in [0.1, 0.15) is 11.9 Å². The smallest absolute Gasteiger partial charge is 0.120 e. The Bertz CT molecular complexity index is 312. The summed E-state index contributed by atoms with van der Waals surface area (Å²) in [6.07, 6.45) is 0.0506. The van der Waals surface area contributed by atoms with Gasteiger partial charge in [0.25, 0.3) is 0 Å². The third-order valence-corrected chi connectivity index (χ3v) is 2.18. The van der Waals surface area contributed by atoms with Gasteiger partial charge in [-0.15, -0.1) is 0 Å². The molecule has 1 aromatic carbocycles. The van der Waals surface area contributed by atoms with Crippen molar-refractivity contribution >= 4 is 0 Å². The molecular weight excluding hydrogens is 174 g/mol. The van der Waals surface area contributed by atoms with Gasteiger partial charge in [0.2, 0.25) is 0 Å². The third-order valence-electron chi connectivity index (χ3n) is 2.18. The van der Waals surface area contributed by atoms with Crippen molar-refractivity contribution in [3.05, 3.63) is 47.4 Å². The van der Waals surface area contributed by atoms with Crippen molar-refractivity contribution in [1.82, 2.24) is 0 Å². The summed E-state index contributed by atoms with van der Waals surface area (Å²) in [6.45, 7) is 5.74. The molecule has 0 fully saturated rings. The molecule has 14 heavy (non-hydrogen) atoms. The first-order chi connectivity index (χ1) is 6.61. The Balaban J connectivity index is 2.69. The number of ether oxygens (including phenoxy) is 1. The zero-order valence-electron chi connectivity index (χ0n) is 8.95. The van der Waals surface area contributed by atoms with Gasteiger partial charge < -0.3 is 10.5 Å². The summed E-state index contributed by atoms with van der Waals surface area (Å²) in [5.41, 5.74) is 7.51. The van der Waals surface area contributed by atoms with E-state index in [4.69, 9.17) is 10.5 Å². The molecule has 0 aromatic heterocycles. The molecule has 1 unspecified atom stereocenters. The van der Waals surface area contributed by atoms with Crippen LogP contribution in [0.4, 0.5) is 0 Å². The number of benzene rings is 1. The molecule has 76 valence electrons. The van der Waals surface area contributed by atoms with Gasteiger partial charge in [0.05, 0.1) is 0 Å². The molecule has 0 bridgehead atoms. The molecule has 0 saturated heterocycles. The highest BCUT2D eigenvalue weighted by Crippen LogP contribution is 2.19. The van der Waals surface area contributed by atoms with Crippen molar-refractivity contribution in [2.75, 3.05) is 0 Å². The predicted octanol–water partition coefficient (Wildman–Crippen LogP) is 2.97. The maximum atomic E-state index is 5.65. The quantitative estimate of drug-likeness (QED) is 0.745. The second-order valence-corrected chi connectivity index (χ2v) is 3.41. The lowest BCUT2D eigenvalue weighted by atomic mass is 10.1. The fraction of sp³-hybridized carbons (Fsp3) is 0.333. The second kappa shape index (κ2) is 4.70. The average Bonchev–Trinajstić information content (AvgIpc) is 2.19. The molecular formula is C12H17NO. The topological polar surface area (TPSA) is 35.2 Å². The normalized spacial score (nSPS) is 14.5. The number of hydrogen-bond acceptors (Lipinski definition) is 2. The Hall–Kier alpha value is -1.44. The maximum Gasteiger partial charge on any atom is 0.120 e. The van der Waals surface area contributed by atoms with Crippen LogP contribution in [0.2, 0.25) is 0 Å². The molecule has 1 atom stereocenters. The molecule has 2 heteroatoms. The van der Waals surface area contributed by atoms with E-state index in [1.54, 1.807) is 0 Å². The van der Waals surface area contributed by atoms with E-state index in [-0.39, 0.29) is 6.10 Å². The van der Waals surface area contributed by atoms with Crippen molar-refractivity contribution in [2.24, 2.45) is 5.73 Å². The molecule has 0 spiro atoms. The molecule has 2 nitrogen and oxygen atoms in total. The predicted molar refractivity (Wildman–Crippen MR) is 58.5 cm³/mol. The van der Waals surface area contributed by atoms with Gasteiger partial charge in [-0.3, -0.25) is 0 Å². The Kier molecular flexibility index (Phi) is 3.57. The molecule has 0 radical (unpaired) electrons. The van der Waals surface area contributed by atoms with Crippen LogP contribution in [0.5, 0.6) is 0 Å². The lowest BCUT2D eigenvalue weighted by Crippen LogP contribution is -2.03. The summed E-state index contributed by atoms with van der Waals surface area (Å²) in [6, 6.07) is 10.1. The van der Waals surface area contributed by atoms with Crippen LogP contribution in [0.25, 0.3) is 0 Å². The van der Waals surface area contributed by atoms with Gasteiger partial charge in [0.15, 0.2) is 0 Å². The molecule has 0 saturated carbocycles. The van der Waals surface area contributed by atoms with Crippen LogP contribution in [0.3, 0.4) is 0 Å². The van der Waals surface area contributed by atoms with E-state index in [0.717, 1.165) is 17.0 Å². The van der Waals surface area contributed by atoms with Gasteiger partial charge in [0, 0.05) is 5.70 Å². The molecule has 0 heterocycles. The summed E-state index contributed by atoms with van der Waals surface area (Å²) in [5, 5.41) is 0. The minimum absolute atomic E-state index is 0.0506. The molecule has 1 rings (SSSR count). The van der Waals surface area contributed by atoms with E-state index >= 15 is 0 Å². The summed E-state index contributed by atoms with van der Waals surface area (Å²) < 4.78 is 5.65. The van der Waals surface area contributed by atoms with Gasteiger partial charge in [-0.1, -0.05) is 30.3 Å². The summed E-state index contributed by atoms with van der Waals surface area (Å²) >= 11 is 0. The van der Waals surface area contributed by atoms with Crippen LogP contribution in [0.15, 0.2) is 41.8 Å². The van der Waals surface area contributed by atoms with Crippen LogP contribution < -0.4 is 5.73 Å². The monoisotopic (exact) mass is 191 g/mol. The van der Waals surface area contributed by atoms with E-state index in [1.807, 2.05) is 51.1 Å². The maximum absolute atomic E-state index is 5.65. The fourth-order valence-electron chi connectivity index (χ4n) is 1.15. The number of rotatable bonds is 3. The first-order valence-electron chi connectivity index (χ1n) is 4.76. The second-order valence-electron chi connectivity index (χ2n) is 3.41. The van der Waals surface area contributed by atoms with Crippen molar-refractivity contribution < 1.29 is 4.74 Å². The summed E-state index contributed by atoms with van der Waals surface area (Å²) in [7, 11) is 0. The van der Waals surface area contributed by atoms with Gasteiger partial charge >= 0.3 is 0 Å². The minimum Gasteiger partial charge on any atom is -0.489 e. The standard InChI is InChI=1S/C12H17NO/c1-9(13)10(2)14-11(3)12-7-5-4-6-8-12/h4-8,11H,13H2,1-3H3/b10-9-. The van der Waals surface area contributed by atoms with E-state index in [1.165, 1.54) is 0 Å². The zero-order chi connectivity index (χ0) is 10.6. The summed E-state index contributed by atoms with van der Waals surface area (Å²) in [4.78, 5) is 0. The van der Waals surface area contributed by atoms with Gasteiger partial charge in [-0.05, 0) is 26.3 Å². The zero-order valence-corrected chi connectivity index (χ0v) is 8.95. The van der Waals surface area contributed by atoms with Crippen molar-refractivity contribution in [3.63, 3.8) is 0 Å². The Morgan fingerprint density at radius 2 is 1.79 bits per heavy atom. The Morgan fingerprint density at radius 1 is 1.21 bits per heavy atom. The Morgan fingerprint density at radius 3 is 2.29 bits per heavy atom. The molecule has 0 aliphatic rings. The number of nitrogens with two attached hydrogens (primary N) is 1. The van der Waals surface area contributed by atoms with Crippen molar-refractivity contribution in [2.45, 2.75) is 26.9 Å². The first-order valence-corrected chi connectivity index (χ1v) is 4.76. The highest BCUT2D eigenvalue weighted by molar-refractivity contribution is 5.17. The Labute approximate surface area is 85.4 Å². The lowest BCUT2D eigenvalue weighted by molar-refractivity contribution is 0.131. The van der Waals surface area contributed by atoms with E-state index in [0.29, 0.717) is 0 Å². The molecule has 2 N–H and O–H groups in total. The van der Waals surface area contributed by atoms with Gasteiger partial charge in [-0.2, -0.15) is 0 Å². The van der Waals surface area contributed by atoms with E-state index in [9.17, 15) is 0 Å². The van der Waals surface area contributed by atoms with E-state index in [2.05, 4.69) is 0 Å². The van der Waals surface area contributed by atoms with E-state index < -0.39 is 0 Å². The van der Waals surface area contributed by atoms with Crippen LogP contribution in [-0.4, -0.2) is 0 Å². The third kappa shape index (κ3) is 2.80. The number of allylic oxidation sites excluding steroid dienone is 2. The molecule has 0 aliphatic carbocycles. The molecule has 1 aromatic rings. The highest BCUT2D eigenvalue weighted by Gasteiger charge is 2.06. The lowest BCUT2D eigenvalue weighted by Gasteiger charge is -2.16. The van der Waals surface area contributed by atoms with Crippen LogP contribution in [0.1, 0.15) is 32.4 Å². The molecule has 0 aliphatic heterocycles. The SMILES string of the molecule is C/C(N)=C(\C)OC(C)c1ccccc1. The number of hydrogen-bond donors (Lipinski definition) is 1. The first kappa shape index (κ1) is 10.6. The van der Waals surface area contributed by atoms with Crippen molar-refractivity contribution in [3.8, 4) is 0 Å². The largest absolute Gasteiger partial charge is 0.489 e. The average molecular weight is 191 g/mol. The summed E-state index contributed by atoms with van der Waals surface area (Å²) in [5.74, 6) is 0.793. The van der Waals surface area contributed by atoms with Crippen LogP contribution in [-0.2, 0) is 4.74 Å². The minimum atomic E-state index is 0.0506. The highest BCUT2D eigenvalue weighted by atomic mass is 16.5. The van der Waals surface area contributed by atoms with Crippen LogP contribution >= 0.6 is 0 Å².